The summed E-state index contributed by atoms with van der Waals surface area (Å²) in [5, 5.41) is 5.44. The molecule has 0 saturated heterocycles. The molecule has 0 N–H and O–H groups in total. The summed E-state index contributed by atoms with van der Waals surface area (Å²) in [5.74, 6) is 2.23. The van der Waals surface area contributed by atoms with Gasteiger partial charge in [-0.05, 0) is 48.5 Å². The van der Waals surface area contributed by atoms with Crippen molar-refractivity contribution in [3.05, 3.63) is 207 Å². The van der Waals surface area contributed by atoms with Crippen LogP contribution in [0.5, 0.6) is 23.3 Å². The molecule has 0 fully saturated rings. The summed E-state index contributed by atoms with van der Waals surface area (Å²) in [5.41, 5.74) is 1.43. The molecule has 0 bridgehead atoms. The predicted molar refractivity (Wildman–Crippen MR) is 242 cm³/mol. The topological polar surface area (TPSA) is 122 Å². The second-order valence-electron chi connectivity index (χ2n) is 14.1. The van der Waals surface area contributed by atoms with Gasteiger partial charge in [0.15, 0.2) is 14.3 Å². The van der Waals surface area contributed by atoms with E-state index in [2.05, 4.69) is 24.9 Å². The zero-order valence-corrected chi connectivity index (χ0v) is 34.1. The van der Waals surface area contributed by atoms with Crippen LogP contribution in [0.3, 0.4) is 0 Å². The molecule has 10 aromatic rings. The van der Waals surface area contributed by atoms with Gasteiger partial charge in [0.2, 0.25) is 17.7 Å². The van der Waals surface area contributed by atoms with E-state index >= 15 is 9.13 Å². The van der Waals surface area contributed by atoms with E-state index < -0.39 is 14.3 Å². The summed E-state index contributed by atoms with van der Waals surface area (Å²) in [6, 6.07) is 56.3. The van der Waals surface area contributed by atoms with Crippen molar-refractivity contribution in [1.82, 2.24) is 29.5 Å². The highest BCUT2D eigenvalue weighted by Gasteiger charge is 2.33. The third-order valence-electron chi connectivity index (χ3n) is 10.5. The second kappa shape index (κ2) is 15.9. The van der Waals surface area contributed by atoms with Gasteiger partial charge < -0.3 is 18.6 Å². The lowest BCUT2D eigenvalue weighted by Gasteiger charge is -2.21. The Kier molecular flexibility index (Phi) is 9.85. The number of rotatable bonds is 11. The van der Waals surface area contributed by atoms with Crippen molar-refractivity contribution in [3.63, 3.8) is 0 Å². The van der Waals surface area contributed by atoms with Gasteiger partial charge in [-0.15, -0.1) is 0 Å². The standard InChI is InChI=1S/C49H34N6O4P2/c56-60(37-15-3-1-4-16-37,39-19-11-13-35(29-39)58-47-21-7-9-27-51-47)41-23-25-43-44-26-24-42(32-46(44)55(45(43)31-41)49-53-33-50-34-54-49)61(57,38-17-5-2-6-18-38)40-20-12-14-36(30-40)59-48-22-8-10-28-52-48/h1-34H. The van der Waals surface area contributed by atoms with Crippen LogP contribution in [-0.2, 0) is 9.13 Å². The molecule has 2 unspecified atom stereocenters. The minimum atomic E-state index is -3.54. The molecule has 4 heterocycles. The maximum Gasteiger partial charge on any atom is 0.237 e. The summed E-state index contributed by atoms with van der Waals surface area (Å²) in [6.07, 6.45) is 6.21. The molecule has 0 amide bonds. The van der Waals surface area contributed by atoms with Crippen LogP contribution in [0.4, 0.5) is 0 Å². The smallest absolute Gasteiger partial charge is 0.237 e. The monoisotopic (exact) mass is 832 g/mol. The molecule has 294 valence electrons. The fourth-order valence-corrected chi connectivity index (χ4v) is 13.0. The molecule has 0 aliphatic carbocycles. The van der Waals surface area contributed by atoms with Crippen molar-refractivity contribution in [2.24, 2.45) is 0 Å². The molecule has 10 rings (SSSR count). The fourth-order valence-electron chi connectivity index (χ4n) is 7.66. The molecule has 10 nitrogen and oxygen atoms in total. The Morgan fingerprint density at radius 3 is 1.26 bits per heavy atom. The summed E-state index contributed by atoms with van der Waals surface area (Å²) >= 11 is 0. The maximum absolute atomic E-state index is 16.0. The van der Waals surface area contributed by atoms with E-state index in [1.165, 1.54) is 12.7 Å². The number of pyridine rings is 2. The summed E-state index contributed by atoms with van der Waals surface area (Å²) in [4.78, 5) is 21.9. The van der Waals surface area contributed by atoms with Crippen molar-refractivity contribution in [3.8, 4) is 29.2 Å². The minimum absolute atomic E-state index is 0.352. The molecular formula is C49H34N6O4P2. The first-order chi connectivity index (χ1) is 30.0. The Bertz CT molecular complexity index is 3070. The maximum atomic E-state index is 16.0. The van der Waals surface area contributed by atoms with E-state index in [9.17, 15) is 0 Å². The molecule has 0 radical (unpaired) electrons. The molecule has 0 saturated carbocycles. The molecule has 4 aromatic heterocycles. The van der Waals surface area contributed by atoms with Gasteiger partial charge in [0, 0.05) is 67.1 Å². The number of aromatic nitrogens is 6. The SMILES string of the molecule is O=P(c1ccccc1)(c1cccc(Oc2ccccn2)c1)c1ccc2c3ccc(P(=O)(c4ccccc4)c4cccc(Oc5ccccn5)c4)cc3n(-c3ncncn3)c2c1. The number of hydrogen-bond acceptors (Lipinski definition) is 9. The molecule has 6 aromatic carbocycles. The molecule has 61 heavy (non-hydrogen) atoms. The first kappa shape index (κ1) is 37.7. The highest BCUT2D eigenvalue weighted by atomic mass is 31.2. The summed E-state index contributed by atoms with van der Waals surface area (Å²) in [6.45, 7) is 0. The highest BCUT2D eigenvalue weighted by Crippen LogP contribution is 2.47. The lowest BCUT2D eigenvalue weighted by atomic mass is 10.1. The Balaban J connectivity index is 1.17. The van der Waals surface area contributed by atoms with Crippen molar-refractivity contribution in [2.45, 2.75) is 0 Å². The van der Waals surface area contributed by atoms with Crippen molar-refractivity contribution in [1.29, 1.82) is 0 Å². The van der Waals surface area contributed by atoms with Crippen LogP contribution >= 0.6 is 14.3 Å². The summed E-state index contributed by atoms with van der Waals surface area (Å²) in [7, 11) is -7.08. The lowest BCUT2D eigenvalue weighted by molar-refractivity contribution is 0.463. The van der Waals surface area contributed by atoms with Crippen molar-refractivity contribution in [2.75, 3.05) is 0 Å². The highest BCUT2D eigenvalue weighted by molar-refractivity contribution is 7.85. The number of fused-ring (bicyclic) bond motifs is 3. The van der Waals surface area contributed by atoms with Gasteiger partial charge in [0.1, 0.15) is 24.2 Å². The van der Waals surface area contributed by atoms with Gasteiger partial charge in [-0.1, -0.05) is 121 Å². The van der Waals surface area contributed by atoms with Crippen LogP contribution in [0.15, 0.2) is 207 Å². The molecule has 12 heteroatoms. The van der Waals surface area contributed by atoms with Gasteiger partial charge in [-0.3, -0.25) is 4.57 Å². The van der Waals surface area contributed by atoms with Gasteiger partial charge >= 0.3 is 0 Å². The van der Waals surface area contributed by atoms with Gasteiger partial charge in [-0.2, -0.15) is 0 Å². The molecule has 2 atom stereocenters. The van der Waals surface area contributed by atoms with E-state index in [-0.39, 0.29) is 0 Å². The Labute approximate surface area is 351 Å². The third-order valence-corrected chi connectivity index (χ3v) is 16.5. The number of nitrogens with zero attached hydrogens (tertiary/aromatic N) is 6. The quantitative estimate of drug-likeness (QED) is 0.118. The molecular weight excluding hydrogens is 799 g/mol. The van der Waals surface area contributed by atoms with Crippen LogP contribution in [0.2, 0.25) is 0 Å². The van der Waals surface area contributed by atoms with Crippen LogP contribution in [0.25, 0.3) is 27.8 Å². The van der Waals surface area contributed by atoms with Gasteiger partial charge in [-0.25, -0.2) is 24.9 Å². The van der Waals surface area contributed by atoms with E-state index in [4.69, 9.17) is 9.47 Å². The third kappa shape index (κ3) is 6.98. The van der Waals surface area contributed by atoms with Crippen LogP contribution in [-0.4, -0.2) is 29.5 Å². The van der Waals surface area contributed by atoms with Gasteiger partial charge in [0.05, 0.1) is 11.0 Å². The predicted octanol–water partition coefficient (Wildman–Crippen LogP) is 8.62. The van der Waals surface area contributed by atoms with Gasteiger partial charge in [0.25, 0.3) is 0 Å². The average Bonchev–Trinajstić information content (AvgIpc) is 3.66. The van der Waals surface area contributed by atoms with E-state index in [0.29, 0.717) is 72.1 Å². The fraction of sp³-hybridized carbons (Fsp3) is 0. The molecule has 0 spiro atoms. The van der Waals surface area contributed by atoms with E-state index in [1.54, 1.807) is 24.5 Å². The zero-order valence-electron chi connectivity index (χ0n) is 32.3. The Hall–Kier alpha value is -7.51. The number of hydrogen-bond donors (Lipinski definition) is 0. The molecule has 0 aliphatic heterocycles. The molecule has 0 aliphatic rings. The first-order valence-corrected chi connectivity index (χ1v) is 22.8. The number of ether oxygens (including phenoxy) is 2. The van der Waals surface area contributed by atoms with Crippen LogP contribution < -0.4 is 41.3 Å². The first-order valence-electron chi connectivity index (χ1n) is 19.4. The Morgan fingerprint density at radius 2 is 0.820 bits per heavy atom. The lowest BCUT2D eigenvalue weighted by Crippen LogP contribution is -2.25. The van der Waals surface area contributed by atoms with E-state index in [0.717, 1.165) is 10.8 Å². The summed E-state index contributed by atoms with van der Waals surface area (Å²) < 4.78 is 46.2. The zero-order chi connectivity index (χ0) is 41.2. The van der Waals surface area contributed by atoms with Crippen molar-refractivity contribution < 1.29 is 18.6 Å². The Morgan fingerprint density at radius 1 is 0.393 bits per heavy atom. The normalized spacial score (nSPS) is 13.3. The second-order valence-corrected chi connectivity index (χ2v) is 19.6. The van der Waals surface area contributed by atoms with Crippen LogP contribution in [0, 0.1) is 0 Å². The minimum Gasteiger partial charge on any atom is -0.439 e. The number of benzene rings is 6. The largest absolute Gasteiger partial charge is 0.439 e. The average molecular weight is 833 g/mol. The van der Waals surface area contributed by atoms with Crippen molar-refractivity contribution >= 4 is 67.9 Å². The van der Waals surface area contributed by atoms with E-state index in [1.807, 2.05) is 174 Å². The van der Waals surface area contributed by atoms with Crippen LogP contribution in [0.1, 0.15) is 0 Å².